The molecule has 0 aromatic rings. The highest BCUT2D eigenvalue weighted by Gasteiger charge is 2.34. The molecule has 0 aromatic heterocycles. The molecule has 1 heteroatoms. The molecule has 0 aliphatic heterocycles. The lowest BCUT2D eigenvalue weighted by Gasteiger charge is -2.43. The topological polar surface area (TPSA) is 12.0 Å². The van der Waals surface area contributed by atoms with Gasteiger partial charge >= 0.3 is 0 Å². The van der Waals surface area contributed by atoms with Gasteiger partial charge in [0.2, 0.25) is 0 Å². The summed E-state index contributed by atoms with van der Waals surface area (Å²) < 4.78 is 0. The summed E-state index contributed by atoms with van der Waals surface area (Å²) in [6, 6.07) is 0. The zero-order valence-electron chi connectivity index (χ0n) is 10.8. The predicted octanol–water partition coefficient (Wildman–Crippen LogP) is 4.27. The van der Waals surface area contributed by atoms with Crippen molar-refractivity contribution in [3.05, 3.63) is 0 Å². The van der Waals surface area contributed by atoms with Crippen LogP contribution < -0.4 is 5.32 Å². The van der Waals surface area contributed by atoms with Gasteiger partial charge in [-0.25, -0.2) is 0 Å². The summed E-state index contributed by atoms with van der Waals surface area (Å²) >= 11 is 0. The number of unbranched alkanes of at least 4 members (excludes halogenated alkanes) is 5. The van der Waals surface area contributed by atoms with Crippen molar-refractivity contribution in [1.82, 2.24) is 5.32 Å². The molecule has 1 N–H and O–H groups in total. The third-order valence-corrected chi connectivity index (χ3v) is 3.87. The maximum absolute atomic E-state index is 3.70. The lowest BCUT2D eigenvalue weighted by molar-refractivity contribution is 0.168. The van der Waals surface area contributed by atoms with Gasteiger partial charge in [0.1, 0.15) is 0 Å². The summed E-state index contributed by atoms with van der Waals surface area (Å²) in [6.45, 7) is 5.67. The molecular weight excluding hydrogens is 182 g/mol. The Labute approximate surface area is 96.0 Å². The molecule has 15 heavy (non-hydrogen) atoms. The first-order chi connectivity index (χ1) is 7.33. The maximum Gasteiger partial charge on any atom is 0.0181 e. The normalized spacial score (nSPS) is 18.8. The molecule has 0 radical (unpaired) electrons. The van der Waals surface area contributed by atoms with Gasteiger partial charge < -0.3 is 5.32 Å². The highest BCUT2D eigenvalue weighted by molar-refractivity contribution is 4.95. The lowest BCUT2D eigenvalue weighted by Crippen LogP contribution is -2.50. The average molecular weight is 211 g/mol. The average Bonchev–Trinajstić information content (AvgIpc) is 2.19. The van der Waals surface area contributed by atoms with Crippen LogP contribution in [-0.2, 0) is 0 Å². The molecule has 1 aliphatic rings. The van der Waals surface area contributed by atoms with Gasteiger partial charge in [-0.3, -0.25) is 0 Å². The van der Waals surface area contributed by atoms with Crippen molar-refractivity contribution in [3.63, 3.8) is 0 Å². The fraction of sp³-hybridized carbons (Fsp3) is 1.00. The molecule has 1 nitrogen and oxygen atoms in total. The van der Waals surface area contributed by atoms with E-state index in [1.54, 1.807) is 0 Å². The minimum absolute atomic E-state index is 0.569. The van der Waals surface area contributed by atoms with E-state index in [-0.39, 0.29) is 0 Å². The molecule has 0 heterocycles. The van der Waals surface area contributed by atoms with Crippen molar-refractivity contribution in [2.45, 2.75) is 83.6 Å². The van der Waals surface area contributed by atoms with E-state index in [2.05, 4.69) is 19.2 Å². The highest BCUT2D eigenvalue weighted by atomic mass is 15.0. The fourth-order valence-corrected chi connectivity index (χ4v) is 2.74. The second-order valence-corrected chi connectivity index (χ2v) is 5.18. The van der Waals surface area contributed by atoms with E-state index in [1.807, 2.05) is 0 Å². The quantitative estimate of drug-likeness (QED) is 0.562. The first-order valence-corrected chi connectivity index (χ1v) is 7.08. The van der Waals surface area contributed by atoms with Gasteiger partial charge in [0, 0.05) is 5.54 Å². The maximum atomic E-state index is 3.70. The Morgan fingerprint density at radius 1 is 0.933 bits per heavy atom. The first-order valence-electron chi connectivity index (χ1n) is 7.08. The van der Waals surface area contributed by atoms with Crippen molar-refractivity contribution in [1.29, 1.82) is 0 Å². The SMILES string of the molecule is CCCCCCCCC1(NCC)CCC1. The molecule has 1 saturated carbocycles. The Kier molecular flexibility index (Phi) is 6.31. The van der Waals surface area contributed by atoms with E-state index in [4.69, 9.17) is 0 Å². The van der Waals surface area contributed by atoms with Crippen LogP contribution in [0.25, 0.3) is 0 Å². The van der Waals surface area contributed by atoms with E-state index in [0.29, 0.717) is 5.54 Å². The van der Waals surface area contributed by atoms with Crippen LogP contribution in [0, 0.1) is 0 Å². The monoisotopic (exact) mass is 211 g/mol. The lowest BCUT2D eigenvalue weighted by atomic mass is 9.73. The Morgan fingerprint density at radius 3 is 2.13 bits per heavy atom. The Morgan fingerprint density at radius 2 is 1.60 bits per heavy atom. The molecule has 0 amide bonds. The molecular formula is C14H29N. The number of hydrogen-bond donors (Lipinski definition) is 1. The highest BCUT2D eigenvalue weighted by Crippen LogP contribution is 2.36. The Bertz CT molecular complexity index is 149. The van der Waals surface area contributed by atoms with Crippen LogP contribution in [0.15, 0.2) is 0 Å². The Balaban J connectivity index is 1.98. The van der Waals surface area contributed by atoms with E-state index in [0.717, 1.165) is 6.54 Å². The molecule has 0 bridgehead atoms. The van der Waals surface area contributed by atoms with Crippen LogP contribution in [-0.4, -0.2) is 12.1 Å². The molecule has 0 saturated heterocycles. The Hall–Kier alpha value is -0.0400. The van der Waals surface area contributed by atoms with Gasteiger partial charge in [0.25, 0.3) is 0 Å². The van der Waals surface area contributed by atoms with Gasteiger partial charge in [0.05, 0.1) is 0 Å². The molecule has 1 aliphatic carbocycles. The van der Waals surface area contributed by atoms with Crippen molar-refractivity contribution in [2.75, 3.05) is 6.54 Å². The van der Waals surface area contributed by atoms with E-state index in [1.165, 1.54) is 64.2 Å². The molecule has 1 rings (SSSR count). The number of rotatable bonds is 9. The predicted molar refractivity (Wildman–Crippen MR) is 68.3 cm³/mol. The van der Waals surface area contributed by atoms with Gasteiger partial charge in [-0.2, -0.15) is 0 Å². The smallest absolute Gasteiger partial charge is 0.0181 e. The third-order valence-electron chi connectivity index (χ3n) is 3.87. The number of nitrogens with one attached hydrogen (secondary N) is 1. The van der Waals surface area contributed by atoms with Gasteiger partial charge in [-0.05, 0) is 32.2 Å². The van der Waals surface area contributed by atoms with Gasteiger partial charge in [0.15, 0.2) is 0 Å². The second kappa shape index (κ2) is 7.27. The van der Waals surface area contributed by atoms with E-state index >= 15 is 0 Å². The molecule has 0 spiro atoms. The van der Waals surface area contributed by atoms with Crippen molar-refractivity contribution >= 4 is 0 Å². The molecule has 0 unspecified atom stereocenters. The largest absolute Gasteiger partial charge is 0.312 e. The first kappa shape index (κ1) is 13.0. The molecule has 90 valence electrons. The summed E-state index contributed by atoms with van der Waals surface area (Å²) in [5.41, 5.74) is 0.569. The van der Waals surface area contributed by atoms with Crippen molar-refractivity contribution in [2.24, 2.45) is 0 Å². The standard InChI is InChI=1S/C14H29N/c1-3-5-6-7-8-9-11-14(15-4-2)12-10-13-14/h15H,3-13H2,1-2H3. The van der Waals surface area contributed by atoms with Crippen LogP contribution >= 0.6 is 0 Å². The van der Waals surface area contributed by atoms with Crippen LogP contribution in [0.3, 0.4) is 0 Å². The summed E-state index contributed by atoms with van der Waals surface area (Å²) in [5, 5.41) is 3.70. The van der Waals surface area contributed by atoms with Crippen LogP contribution in [0.1, 0.15) is 78.1 Å². The zero-order valence-corrected chi connectivity index (χ0v) is 10.8. The minimum Gasteiger partial charge on any atom is -0.312 e. The number of hydrogen-bond acceptors (Lipinski definition) is 1. The van der Waals surface area contributed by atoms with Gasteiger partial charge in [-0.1, -0.05) is 52.4 Å². The zero-order chi connectivity index (χ0) is 11.0. The summed E-state index contributed by atoms with van der Waals surface area (Å²) in [5.74, 6) is 0. The summed E-state index contributed by atoms with van der Waals surface area (Å²) in [7, 11) is 0. The van der Waals surface area contributed by atoms with Gasteiger partial charge in [-0.15, -0.1) is 0 Å². The molecule has 1 fully saturated rings. The second-order valence-electron chi connectivity index (χ2n) is 5.18. The fourth-order valence-electron chi connectivity index (χ4n) is 2.74. The molecule has 0 atom stereocenters. The third kappa shape index (κ3) is 4.55. The summed E-state index contributed by atoms with van der Waals surface area (Å²) in [4.78, 5) is 0. The minimum atomic E-state index is 0.569. The van der Waals surface area contributed by atoms with Crippen LogP contribution in [0.4, 0.5) is 0 Å². The molecule has 0 aromatic carbocycles. The van der Waals surface area contributed by atoms with Crippen LogP contribution in [0.5, 0.6) is 0 Å². The van der Waals surface area contributed by atoms with E-state index in [9.17, 15) is 0 Å². The summed E-state index contributed by atoms with van der Waals surface area (Å²) in [6.07, 6.45) is 14.3. The van der Waals surface area contributed by atoms with Crippen molar-refractivity contribution < 1.29 is 0 Å². The van der Waals surface area contributed by atoms with Crippen molar-refractivity contribution in [3.8, 4) is 0 Å². The van der Waals surface area contributed by atoms with E-state index < -0.39 is 0 Å². The van der Waals surface area contributed by atoms with Crippen LogP contribution in [0.2, 0.25) is 0 Å².